The molecule has 7 heteroatoms. The standard InChI is InChI=1S/C22H33NO6/c1-4-23-9-19(2)6-5-13(24)21-11-7-10-12(29-3)8-20(27,14(11)15(10)25)22(28,18(21)23)17(26)16(19)21/h5-6,10-18,24-28H,4,7-9H2,1-3H3/t10-,11-,12+,13?,14-,15+,16-,17+,18?,19+,20-,21?,22?/m1/s1. The average Bonchev–Trinajstić information content (AvgIpc) is 3.04. The lowest BCUT2D eigenvalue weighted by Gasteiger charge is -2.68. The number of fused-ring (bicyclic) bond motifs is 2. The number of aliphatic hydroxyl groups is 5. The summed E-state index contributed by atoms with van der Waals surface area (Å²) in [5, 5.41) is 58.9. The van der Waals surface area contributed by atoms with Gasteiger partial charge in [0.2, 0.25) is 0 Å². The summed E-state index contributed by atoms with van der Waals surface area (Å²) in [6.45, 7) is 5.43. The first kappa shape index (κ1) is 19.2. The van der Waals surface area contributed by atoms with Gasteiger partial charge in [-0.15, -0.1) is 0 Å². The third-order valence-electron chi connectivity index (χ3n) is 10.3. The average molecular weight is 408 g/mol. The molecule has 5 fully saturated rings. The molecule has 0 aromatic heterocycles. The number of piperidine rings is 1. The van der Waals surface area contributed by atoms with Gasteiger partial charge in [0.05, 0.1) is 30.5 Å². The molecule has 7 nitrogen and oxygen atoms in total. The molecular formula is C22H33NO6. The van der Waals surface area contributed by atoms with Crippen LogP contribution in [0, 0.1) is 34.5 Å². The van der Waals surface area contributed by atoms with Crippen LogP contribution in [0.1, 0.15) is 26.7 Å². The van der Waals surface area contributed by atoms with E-state index in [1.807, 2.05) is 19.1 Å². The molecule has 1 saturated heterocycles. The Bertz CT molecular complexity index is 791. The van der Waals surface area contributed by atoms with Gasteiger partial charge in [-0.3, -0.25) is 4.90 Å². The molecule has 6 rings (SSSR count). The first-order valence-electron chi connectivity index (χ1n) is 11.1. The maximum absolute atomic E-state index is 12.3. The van der Waals surface area contributed by atoms with Crippen molar-refractivity contribution in [3.05, 3.63) is 12.2 Å². The van der Waals surface area contributed by atoms with Gasteiger partial charge in [-0.25, -0.2) is 0 Å². The number of likely N-dealkylation sites (N-methyl/N-ethyl adjacent to an activating group) is 1. The number of nitrogens with zero attached hydrogens (tertiary/aromatic N) is 1. The van der Waals surface area contributed by atoms with Crippen molar-refractivity contribution in [3.63, 3.8) is 0 Å². The van der Waals surface area contributed by atoms with E-state index in [0.29, 0.717) is 19.5 Å². The number of ether oxygens (including phenoxy) is 1. The van der Waals surface area contributed by atoms with Gasteiger partial charge in [0.25, 0.3) is 0 Å². The van der Waals surface area contributed by atoms with Crippen LogP contribution in [0.15, 0.2) is 12.2 Å². The molecule has 4 saturated carbocycles. The second kappa shape index (κ2) is 5.26. The molecule has 13 atom stereocenters. The normalized spacial score (nSPS) is 67.1. The van der Waals surface area contributed by atoms with Crippen LogP contribution in [0.4, 0.5) is 0 Å². The van der Waals surface area contributed by atoms with Gasteiger partial charge in [0.15, 0.2) is 0 Å². The predicted molar refractivity (Wildman–Crippen MR) is 103 cm³/mol. The van der Waals surface area contributed by atoms with Crippen LogP contribution in [0.2, 0.25) is 0 Å². The fourth-order valence-electron chi connectivity index (χ4n) is 9.68. The second-order valence-electron chi connectivity index (χ2n) is 10.9. The molecule has 162 valence electrons. The van der Waals surface area contributed by atoms with Crippen molar-refractivity contribution in [2.45, 2.75) is 68.3 Å². The third-order valence-corrected chi connectivity index (χ3v) is 10.3. The van der Waals surface area contributed by atoms with Crippen LogP contribution in [0.5, 0.6) is 0 Å². The Labute approximate surface area is 171 Å². The highest BCUT2D eigenvalue weighted by Crippen LogP contribution is 2.78. The largest absolute Gasteiger partial charge is 0.392 e. The maximum atomic E-state index is 12.3. The van der Waals surface area contributed by atoms with E-state index < -0.39 is 52.3 Å². The Hall–Kier alpha value is -0.540. The SMILES string of the molecule is CCN1C[C@]2(C)C=CC(O)C34C1C(O)([C@@H](O)[C@@H]32)[C@@]1(O)C[C@H](OC)[C@H]2C[C@@H]4[C@@H]1[C@H]2O. The molecule has 4 unspecified atom stereocenters. The Morgan fingerprint density at radius 1 is 1.21 bits per heavy atom. The molecule has 0 radical (unpaired) electrons. The van der Waals surface area contributed by atoms with Crippen LogP contribution in [-0.2, 0) is 4.74 Å². The van der Waals surface area contributed by atoms with E-state index >= 15 is 0 Å². The lowest BCUT2D eigenvalue weighted by atomic mass is 9.44. The van der Waals surface area contributed by atoms with Gasteiger partial charge in [0, 0.05) is 48.7 Å². The van der Waals surface area contributed by atoms with E-state index in [2.05, 4.69) is 11.8 Å². The van der Waals surface area contributed by atoms with E-state index in [-0.39, 0.29) is 30.3 Å². The van der Waals surface area contributed by atoms with Crippen LogP contribution in [0.3, 0.4) is 0 Å². The summed E-state index contributed by atoms with van der Waals surface area (Å²) < 4.78 is 5.66. The number of methoxy groups -OCH3 is 1. The molecule has 6 aliphatic rings. The maximum Gasteiger partial charge on any atom is 0.136 e. The Morgan fingerprint density at radius 2 is 1.93 bits per heavy atom. The van der Waals surface area contributed by atoms with Gasteiger partial charge in [-0.05, 0) is 18.9 Å². The Morgan fingerprint density at radius 3 is 2.59 bits per heavy atom. The second-order valence-corrected chi connectivity index (χ2v) is 10.9. The van der Waals surface area contributed by atoms with Gasteiger partial charge in [-0.2, -0.15) is 0 Å². The number of aliphatic hydroxyl groups excluding tert-OH is 3. The summed E-state index contributed by atoms with van der Waals surface area (Å²) in [5.74, 6) is -1.29. The molecule has 5 aliphatic carbocycles. The lowest BCUT2D eigenvalue weighted by Crippen LogP contribution is -2.81. The van der Waals surface area contributed by atoms with E-state index in [1.54, 1.807) is 7.11 Å². The first-order chi connectivity index (χ1) is 13.6. The molecule has 7 bridgehead atoms. The van der Waals surface area contributed by atoms with Gasteiger partial charge in [-0.1, -0.05) is 26.0 Å². The van der Waals surface area contributed by atoms with Crippen LogP contribution in [0.25, 0.3) is 0 Å². The van der Waals surface area contributed by atoms with Gasteiger partial charge in [0.1, 0.15) is 11.2 Å². The number of hydrogen-bond donors (Lipinski definition) is 5. The van der Waals surface area contributed by atoms with Crippen LogP contribution in [-0.4, -0.2) is 92.3 Å². The van der Waals surface area contributed by atoms with Gasteiger partial charge < -0.3 is 30.3 Å². The predicted octanol–water partition coefficient (Wildman–Crippen LogP) is -0.888. The van der Waals surface area contributed by atoms with Crippen molar-refractivity contribution in [1.29, 1.82) is 0 Å². The monoisotopic (exact) mass is 407 g/mol. The smallest absolute Gasteiger partial charge is 0.136 e. The zero-order valence-electron chi connectivity index (χ0n) is 17.3. The van der Waals surface area contributed by atoms with Gasteiger partial charge >= 0.3 is 0 Å². The molecule has 1 heterocycles. The van der Waals surface area contributed by atoms with Crippen molar-refractivity contribution < 1.29 is 30.3 Å². The zero-order chi connectivity index (χ0) is 20.7. The summed E-state index contributed by atoms with van der Waals surface area (Å²) in [5.41, 5.74) is -4.74. The van der Waals surface area contributed by atoms with Crippen molar-refractivity contribution in [2.75, 3.05) is 20.2 Å². The van der Waals surface area contributed by atoms with E-state index in [0.717, 1.165) is 0 Å². The summed E-state index contributed by atoms with van der Waals surface area (Å²) in [7, 11) is 1.58. The number of hydrogen-bond acceptors (Lipinski definition) is 7. The molecule has 5 N–H and O–H groups in total. The summed E-state index contributed by atoms with van der Waals surface area (Å²) in [6.07, 6.45) is 1.41. The lowest BCUT2D eigenvalue weighted by molar-refractivity contribution is -0.308. The highest BCUT2D eigenvalue weighted by Gasteiger charge is 2.90. The fourth-order valence-corrected chi connectivity index (χ4v) is 9.68. The highest BCUT2D eigenvalue weighted by molar-refractivity contribution is 5.43. The third kappa shape index (κ3) is 1.63. The molecule has 29 heavy (non-hydrogen) atoms. The number of likely N-dealkylation sites (tertiary alicyclic amines) is 1. The van der Waals surface area contributed by atoms with Crippen molar-refractivity contribution >= 4 is 0 Å². The Kier molecular flexibility index (Phi) is 3.48. The van der Waals surface area contributed by atoms with Crippen molar-refractivity contribution in [3.8, 4) is 0 Å². The van der Waals surface area contributed by atoms with Crippen molar-refractivity contribution in [1.82, 2.24) is 4.90 Å². The summed E-state index contributed by atoms with van der Waals surface area (Å²) in [4.78, 5) is 2.16. The van der Waals surface area contributed by atoms with Crippen molar-refractivity contribution in [2.24, 2.45) is 34.5 Å². The fraction of sp³-hybridized carbons (Fsp3) is 0.909. The summed E-state index contributed by atoms with van der Waals surface area (Å²) >= 11 is 0. The topological polar surface area (TPSA) is 114 Å². The number of rotatable bonds is 2. The van der Waals surface area contributed by atoms with E-state index in [9.17, 15) is 25.5 Å². The zero-order valence-corrected chi connectivity index (χ0v) is 17.3. The van der Waals surface area contributed by atoms with Crippen LogP contribution < -0.4 is 0 Å². The minimum absolute atomic E-state index is 0.134. The van der Waals surface area contributed by atoms with E-state index in [4.69, 9.17) is 4.74 Å². The molecular weight excluding hydrogens is 374 g/mol. The molecule has 0 aromatic rings. The van der Waals surface area contributed by atoms with E-state index in [1.165, 1.54) is 0 Å². The molecule has 1 spiro atoms. The highest BCUT2D eigenvalue weighted by atomic mass is 16.5. The summed E-state index contributed by atoms with van der Waals surface area (Å²) in [6, 6.07) is -0.569. The molecule has 0 amide bonds. The Balaban J connectivity index is 1.68. The molecule has 1 aliphatic heterocycles. The molecule has 0 aromatic carbocycles. The van der Waals surface area contributed by atoms with Crippen LogP contribution >= 0.6 is 0 Å². The first-order valence-corrected chi connectivity index (χ1v) is 11.1. The minimum atomic E-state index is -1.84. The quantitative estimate of drug-likeness (QED) is 0.378. The minimum Gasteiger partial charge on any atom is -0.392 e.